The molecule has 1 aromatic rings. The van der Waals surface area contributed by atoms with E-state index < -0.39 is 62.6 Å². The number of esters is 2. The van der Waals surface area contributed by atoms with Crippen LogP contribution in [0.3, 0.4) is 0 Å². The first kappa shape index (κ1) is 31.6. The van der Waals surface area contributed by atoms with Gasteiger partial charge in [-0.15, -0.1) is 0 Å². The summed E-state index contributed by atoms with van der Waals surface area (Å²) in [5.74, 6) is -1.59. The molecule has 0 bridgehead atoms. The van der Waals surface area contributed by atoms with Crippen LogP contribution in [0.25, 0.3) is 0 Å². The van der Waals surface area contributed by atoms with E-state index >= 15 is 8.78 Å². The largest absolute Gasteiger partial charge is 0.453 e. The number of carbonyl (C=O) groups is 2. The summed E-state index contributed by atoms with van der Waals surface area (Å²) >= 11 is 0. The Labute approximate surface area is 216 Å². The Bertz CT molecular complexity index is 1030. The summed E-state index contributed by atoms with van der Waals surface area (Å²) in [6.45, 7) is 7.17. The van der Waals surface area contributed by atoms with E-state index in [-0.39, 0.29) is 25.8 Å². The molecule has 5 atom stereocenters. The summed E-state index contributed by atoms with van der Waals surface area (Å²) in [5.41, 5.74) is -5.05. The molecule has 1 aliphatic heterocycles. The lowest BCUT2D eigenvalue weighted by Gasteiger charge is -2.38. The predicted molar refractivity (Wildman–Crippen MR) is 134 cm³/mol. The summed E-state index contributed by atoms with van der Waals surface area (Å²) in [6.07, 6.45) is -6.01. The molecule has 0 radical (unpaired) electrons. The Morgan fingerprint density at radius 3 is 2.16 bits per heavy atom. The van der Waals surface area contributed by atoms with E-state index in [0.717, 1.165) is 27.2 Å². The lowest BCUT2D eigenvalue weighted by atomic mass is 9.88. The van der Waals surface area contributed by atoms with Crippen molar-refractivity contribution < 1.29 is 51.0 Å². The zero-order valence-electron chi connectivity index (χ0n) is 22.0. The summed E-state index contributed by atoms with van der Waals surface area (Å²) in [6, 6.07) is 8.81. The van der Waals surface area contributed by atoms with Gasteiger partial charge in [-0.1, -0.05) is 30.3 Å². The molecule has 0 spiro atoms. The number of carbonyl (C=O) groups excluding carboxylic acids is 2. The van der Waals surface area contributed by atoms with Crippen LogP contribution in [0.1, 0.15) is 39.2 Å². The van der Waals surface area contributed by atoms with Gasteiger partial charge in [0.1, 0.15) is 18.8 Å². The molecule has 1 heterocycles. The van der Waals surface area contributed by atoms with Crippen molar-refractivity contribution in [2.45, 2.75) is 70.0 Å². The third-order valence-corrected chi connectivity index (χ3v) is 9.51. The maximum absolute atomic E-state index is 15.4. The number of alkyl halides is 2. The van der Waals surface area contributed by atoms with Crippen molar-refractivity contribution in [3.63, 3.8) is 0 Å². The van der Waals surface area contributed by atoms with E-state index in [1.54, 1.807) is 37.3 Å². The molecule has 0 saturated carbocycles. The van der Waals surface area contributed by atoms with Crippen molar-refractivity contribution in [3.8, 4) is 0 Å². The van der Waals surface area contributed by atoms with Gasteiger partial charge < -0.3 is 28.0 Å². The zero-order valence-corrected chi connectivity index (χ0v) is 23.8. The average molecular weight is 568 g/mol. The van der Waals surface area contributed by atoms with Crippen molar-refractivity contribution in [2.24, 2.45) is 0 Å². The van der Waals surface area contributed by atoms with Crippen molar-refractivity contribution >= 4 is 26.4 Å². The van der Waals surface area contributed by atoms with Crippen LogP contribution in [-0.2, 0) is 48.8 Å². The first-order chi connectivity index (χ1) is 17.0. The first-order valence-corrected chi connectivity index (χ1v) is 16.7. The number of hydrogen-bond donors (Lipinski definition) is 0. The highest BCUT2D eigenvalue weighted by atomic mass is 31.2. The number of ether oxygens (including phenoxy) is 4. The molecule has 0 N–H and O–H groups in total. The molecule has 2 rings (SSSR count). The Hall–Kier alpha value is -1.64. The first-order valence-electron chi connectivity index (χ1n) is 11.8. The van der Waals surface area contributed by atoms with Gasteiger partial charge in [-0.05, 0) is 32.2 Å². The second kappa shape index (κ2) is 12.5. The minimum Gasteiger partial charge on any atom is -0.453 e. The fourth-order valence-electron chi connectivity index (χ4n) is 4.09. The number of halogens is 2. The fraction of sp³-hybridized carbons (Fsp3) is 0.667. The van der Waals surface area contributed by atoms with E-state index in [0.29, 0.717) is 5.56 Å². The second-order valence-corrected chi connectivity index (χ2v) is 15.6. The summed E-state index contributed by atoms with van der Waals surface area (Å²) in [4.78, 5) is 23.8. The number of rotatable bonds is 13. The average Bonchev–Trinajstić information content (AvgIpc) is 3.01. The van der Waals surface area contributed by atoms with Gasteiger partial charge in [0.2, 0.25) is 6.29 Å². The predicted octanol–water partition coefficient (Wildman–Crippen LogP) is 5.10. The molecule has 1 aromatic carbocycles. The molecule has 9 nitrogen and oxygen atoms in total. The van der Waals surface area contributed by atoms with E-state index in [2.05, 4.69) is 0 Å². The lowest BCUT2D eigenvalue weighted by Crippen LogP contribution is -2.50. The van der Waals surface area contributed by atoms with E-state index in [1.807, 2.05) is 0 Å². The van der Waals surface area contributed by atoms with Gasteiger partial charge >= 0.3 is 11.9 Å². The normalized spacial score (nSPS) is 25.9. The van der Waals surface area contributed by atoms with Crippen molar-refractivity contribution in [1.82, 2.24) is 0 Å². The molecule has 2 unspecified atom stereocenters. The van der Waals surface area contributed by atoms with Crippen molar-refractivity contribution in [1.29, 1.82) is 0 Å². The van der Waals surface area contributed by atoms with Gasteiger partial charge in [0.05, 0.1) is 19.6 Å². The Morgan fingerprint density at radius 2 is 1.65 bits per heavy atom. The van der Waals surface area contributed by atoms with Gasteiger partial charge in [0.15, 0.2) is 13.5 Å². The maximum Gasteiger partial charge on any atom is 0.305 e. The molecule has 37 heavy (non-hydrogen) atoms. The SMILES string of the molecule is CCOP(C)(=O)CC[C@@]1(CC(F)(F)P(C)(C)=O)O[C@@H](OC(C)=O)[C@@H](OC(C)=O)C1OCc1ccccc1. The van der Waals surface area contributed by atoms with Crippen LogP contribution in [0.15, 0.2) is 30.3 Å². The number of hydrogen-bond acceptors (Lipinski definition) is 9. The monoisotopic (exact) mass is 568 g/mol. The standard InChI is InChI=1S/C24H36F2O9P2/c1-7-32-37(6,30)14-13-23(16-24(25,26)36(4,5)29)21(31-15-19-11-9-8-10-12-19)20(33-17(2)27)22(35-23)34-18(3)28/h8-12,20-22H,7,13-16H2,1-6H3/t20-,21?,22+,23-,37?/m0/s1. The highest BCUT2D eigenvalue weighted by molar-refractivity contribution is 7.63. The molecule has 1 fully saturated rings. The molecular weight excluding hydrogens is 532 g/mol. The van der Waals surface area contributed by atoms with Gasteiger partial charge in [-0.2, -0.15) is 8.78 Å². The second-order valence-electron chi connectivity index (χ2n) is 9.55. The Morgan fingerprint density at radius 1 is 1.05 bits per heavy atom. The molecule has 1 saturated heterocycles. The van der Waals surface area contributed by atoms with E-state index in [4.69, 9.17) is 23.5 Å². The van der Waals surface area contributed by atoms with Crippen LogP contribution >= 0.6 is 14.5 Å². The molecule has 0 amide bonds. The highest BCUT2D eigenvalue weighted by Crippen LogP contribution is 2.60. The maximum atomic E-state index is 15.4. The van der Waals surface area contributed by atoms with Crippen LogP contribution in [0, 0.1) is 0 Å². The van der Waals surface area contributed by atoms with Crippen LogP contribution in [0.2, 0.25) is 0 Å². The van der Waals surface area contributed by atoms with Crippen LogP contribution < -0.4 is 0 Å². The van der Waals surface area contributed by atoms with E-state index in [1.165, 1.54) is 6.66 Å². The molecule has 210 valence electrons. The minimum atomic E-state index is -4.02. The summed E-state index contributed by atoms with van der Waals surface area (Å²) in [7, 11) is -7.28. The van der Waals surface area contributed by atoms with E-state index in [9.17, 15) is 18.7 Å². The van der Waals surface area contributed by atoms with Gasteiger partial charge in [0.25, 0.3) is 5.66 Å². The van der Waals surface area contributed by atoms with Crippen LogP contribution in [0.4, 0.5) is 8.78 Å². The molecule has 13 heteroatoms. The Balaban J connectivity index is 2.62. The Kier molecular flexibility index (Phi) is 10.6. The third kappa shape index (κ3) is 8.69. The van der Waals surface area contributed by atoms with Gasteiger partial charge in [-0.3, -0.25) is 14.2 Å². The molecular formula is C24H36F2O9P2. The smallest absolute Gasteiger partial charge is 0.305 e. The zero-order chi connectivity index (χ0) is 28.1. The van der Waals surface area contributed by atoms with Gasteiger partial charge in [-0.25, -0.2) is 0 Å². The summed E-state index contributed by atoms with van der Waals surface area (Å²) in [5, 5.41) is 0. The number of benzene rings is 1. The van der Waals surface area contributed by atoms with Crippen LogP contribution in [0.5, 0.6) is 0 Å². The van der Waals surface area contributed by atoms with Crippen LogP contribution in [-0.4, -0.2) is 74.5 Å². The quantitative estimate of drug-likeness (QED) is 0.237. The minimum absolute atomic E-state index is 0.0854. The fourth-order valence-corrected chi connectivity index (χ4v) is 6.20. The summed E-state index contributed by atoms with van der Waals surface area (Å²) < 4.78 is 84.3. The lowest BCUT2D eigenvalue weighted by molar-refractivity contribution is -0.210. The molecule has 0 aliphatic carbocycles. The van der Waals surface area contributed by atoms with Gasteiger partial charge in [0, 0.05) is 26.7 Å². The highest BCUT2D eigenvalue weighted by Gasteiger charge is 2.64. The van der Waals surface area contributed by atoms with Crippen molar-refractivity contribution in [3.05, 3.63) is 35.9 Å². The molecule has 0 aromatic heterocycles. The van der Waals surface area contributed by atoms with Crippen molar-refractivity contribution in [2.75, 3.05) is 32.8 Å². The third-order valence-electron chi connectivity index (χ3n) is 5.94. The molecule has 1 aliphatic rings. The topological polar surface area (TPSA) is 114 Å².